The summed E-state index contributed by atoms with van der Waals surface area (Å²) in [7, 11) is 5.07. The van der Waals surface area contributed by atoms with Crippen LogP contribution >= 0.6 is 0 Å². The maximum Gasteiger partial charge on any atom is 0.233 e. The number of amides is 1. The van der Waals surface area contributed by atoms with Gasteiger partial charge in [-0.2, -0.15) is 0 Å². The highest BCUT2D eigenvalue weighted by molar-refractivity contribution is 5.77. The molecule has 1 aliphatic rings. The minimum atomic E-state index is -0.607. The molecule has 1 aliphatic heterocycles. The molecule has 8 heteroatoms. The minimum absolute atomic E-state index is 0.0520. The molecule has 1 aromatic rings. The second-order valence-corrected chi connectivity index (χ2v) is 6.67. The van der Waals surface area contributed by atoms with E-state index in [-0.39, 0.29) is 19.1 Å². The summed E-state index contributed by atoms with van der Waals surface area (Å²) in [6.07, 6.45) is -0.607. The Morgan fingerprint density at radius 3 is 2.81 bits per heavy atom. The van der Waals surface area contributed by atoms with Crippen molar-refractivity contribution in [3.63, 3.8) is 0 Å². The Bertz CT molecular complexity index is 593. The normalized spacial score (nSPS) is 16.2. The maximum absolute atomic E-state index is 11.6. The standard InChI is InChI=1S/C19H31N3O5/c1-20-18(24)13-21(2)11-15-5-4-6-17(25-3)19(15)27-14-16(23)12-22-7-9-26-10-8-22/h4-6,16,23H,7-14H2,1-3H3,(H,20,24). The fourth-order valence-corrected chi connectivity index (χ4v) is 3.00. The van der Waals surface area contributed by atoms with Crippen molar-refractivity contribution in [2.75, 3.05) is 67.2 Å². The van der Waals surface area contributed by atoms with Gasteiger partial charge in [0.25, 0.3) is 0 Å². The number of benzene rings is 1. The third kappa shape index (κ3) is 6.99. The molecule has 1 amide bonds. The molecule has 0 saturated carbocycles. The second kappa shape index (κ2) is 11.1. The summed E-state index contributed by atoms with van der Waals surface area (Å²) >= 11 is 0. The van der Waals surface area contributed by atoms with Crippen LogP contribution in [0.15, 0.2) is 18.2 Å². The van der Waals surface area contributed by atoms with Crippen LogP contribution in [0, 0.1) is 0 Å². The van der Waals surface area contributed by atoms with Gasteiger partial charge in [0.05, 0.1) is 26.9 Å². The van der Waals surface area contributed by atoms with E-state index in [2.05, 4.69) is 10.2 Å². The number of rotatable bonds is 10. The lowest BCUT2D eigenvalue weighted by Gasteiger charge is -2.28. The van der Waals surface area contributed by atoms with Gasteiger partial charge in [-0.1, -0.05) is 12.1 Å². The van der Waals surface area contributed by atoms with Crippen molar-refractivity contribution in [3.05, 3.63) is 23.8 Å². The molecule has 0 spiro atoms. The van der Waals surface area contributed by atoms with Crippen LogP contribution in [0.25, 0.3) is 0 Å². The van der Waals surface area contributed by atoms with Crippen LogP contribution in [0.5, 0.6) is 11.5 Å². The molecule has 1 atom stereocenters. The first-order chi connectivity index (χ1) is 13.0. The summed E-state index contributed by atoms with van der Waals surface area (Å²) in [6.45, 7) is 4.56. The van der Waals surface area contributed by atoms with E-state index in [0.717, 1.165) is 18.7 Å². The number of likely N-dealkylation sites (N-methyl/N-ethyl adjacent to an activating group) is 2. The van der Waals surface area contributed by atoms with E-state index in [1.807, 2.05) is 30.1 Å². The van der Waals surface area contributed by atoms with Gasteiger partial charge < -0.3 is 24.6 Å². The van der Waals surface area contributed by atoms with Gasteiger partial charge >= 0.3 is 0 Å². The number of carbonyl (C=O) groups excluding carboxylic acids is 1. The Balaban J connectivity index is 1.97. The Morgan fingerprint density at radius 1 is 1.41 bits per heavy atom. The van der Waals surface area contributed by atoms with Crippen LogP contribution in [0.4, 0.5) is 0 Å². The number of hydrogen-bond acceptors (Lipinski definition) is 7. The van der Waals surface area contributed by atoms with E-state index in [0.29, 0.717) is 37.8 Å². The van der Waals surface area contributed by atoms with E-state index >= 15 is 0 Å². The predicted molar refractivity (Wildman–Crippen MR) is 102 cm³/mol. The average Bonchev–Trinajstić information content (AvgIpc) is 2.67. The van der Waals surface area contributed by atoms with E-state index in [1.54, 1.807) is 14.2 Å². The average molecular weight is 381 g/mol. The van der Waals surface area contributed by atoms with Gasteiger partial charge in [-0.15, -0.1) is 0 Å². The zero-order valence-electron chi connectivity index (χ0n) is 16.4. The lowest BCUT2D eigenvalue weighted by atomic mass is 10.1. The molecule has 1 saturated heterocycles. The largest absolute Gasteiger partial charge is 0.493 e. The minimum Gasteiger partial charge on any atom is -0.493 e. The SMILES string of the molecule is CNC(=O)CN(C)Cc1cccc(OC)c1OCC(O)CN1CCOCC1. The molecule has 2 N–H and O–H groups in total. The van der Waals surface area contributed by atoms with Crippen molar-refractivity contribution in [3.8, 4) is 11.5 Å². The molecule has 0 radical (unpaired) electrons. The summed E-state index contributed by atoms with van der Waals surface area (Å²) in [6, 6.07) is 5.65. The molecule has 152 valence electrons. The van der Waals surface area contributed by atoms with Gasteiger partial charge in [-0.3, -0.25) is 14.6 Å². The first-order valence-corrected chi connectivity index (χ1v) is 9.19. The zero-order valence-corrected chi connectivity index (χ0v) is 16.4. The second-order valence-electron chi connectivity index (χ2n) is 6.67. The van der Waals surface area contributed by atoms with Gasteiger partial charge in [-0.25, -0.2) is 0 Å². The van der Waals surface area contributed by atoms with E-state index in [4.69, 9.17) is 14.2 Å². The van der Waals surface area contributed by atoms with Crippen molar-refractivity contribution < 1.29 is 24.1 Å². The number of carbonyl (C=O) groups is 1. The first-order valence-electron chi connectivity index (χ1n) is 9.19. The Labute approximate surface area is 161 Å². The Morgan fingerprint density at radius 2 is 2.15 bits per heavy atom. The molecular formula is C19H31N3O5. The number of nitrogens with zero attached hydrogens (tertiary/aromatic N) is 2. The maximum atomic E-state index is 11.6. The van der Waals surface area contributed by atoms with Crippen LogP contribution in [-0.2, 0) is 16.1 Å². The third-order valence-electron chi connectivity index (χ3n) is 4.41. The van der Waals surface area contributed by atoms with Crippen molar-refractivity contribution in [1.29, 1.82) is 0 Å². The molecular weight excluding hydrogens is 350 g/mol. The molecule has 1 heterocycles. The highest BCUT2D eigenvalue weighted by atomic mass is 16.5. The van der Waals surface area contributed by atoms with Gasteiger partial charge in [0.2, 0.25) is 5.91 Å². The molecule has 27 heavy (non-hydrogen) atoms. The topological polar surface area (TPSA) is 83.5 Å². The number of para-hydroxylation sites is 1. The fraction of sp³-hybridized carbons (Fsp3) is 0.632. The van der Waals surface area contributed by atoms with E-state index in [1.165, 1.54) is 0 Å². The van der Waals surface area contributed by atoms with Gasteiger partial charge in [-0.05, 0) is 13.1 Å². The lowest BCUT2D eigenvalue weighted by molar-refractivity contribution is -0.121. The Kier molecular flexibility index (Phi) is 8.80. The molecule has 0 aromatic heterocycles. The number of morpholine rings is 1. The van der Waals surface area contributed by atoms with E-state index < -0.39 is 6.10 Å². The van der Waals surface area contributed by atoms with Crippen LogP contribution in [0.1, 0.15) is 5.56 Å². The van der Waals surface area contributed by atoms with Crippen molar-refractivity contribution in [1.82, 2.24) is 15.1 Å². The van der Waals surface area contributed by atoms with Crippen LogP contribution < -0.4 is 14.8 Å². The summed E-state index contributed by atoms with van der Waals surface area (Å²) < 4.78 is 16.7. The van der Waals surface area contributed by atoms with Crippen LogP contribution in [0.2, 0.25) is 0 Å². The molecule has 2 rings (SSSR count). The van der Waals surface area contributed by atoms with Crippen LogP contribution in [0.3, 0.4) is 0 Å². The third-order valence-corrected chi connectivity index (χ3v) is 4.41. The van der Waals surface area contributed by atoms with Crippen molar-refractivity contribution in [2.45, 2.75) is 12.6 Å². The van der Waals surface area contributed by atoms with Gasteiger partial charge in [0, 0.05) is 38.8 Å². The number of aliphatic hydroxyl groups is 1. The smallest absolute Gasteiger partial charge is 0.233 e. The highest BCUT2D eigenvalue weighted by Crippen LogP contribution is 2.32. The molecule has 0 bridgehead atoms. The molecule has 8 nitrogen and oxygen atoms in total. The summed E-state index contributed by atoms with van der Waals surface area (Å²) in [5.74, 6) is 1.16. The summed E-state index contributed by atoms with van der Waals surface area (Å²) in [5.41, 5.74) is 0.902. The highest BCUT2D eigenvalue weighted by Gasteiger charge is 2.18. The monoisotopic (exact) mass is 381 g/mol. The van der Waals surface area contributed by atoms with Crippen molar-refractivity contribution >= 4 is 5.91 Å². The molecule has 1 unspecified atom stereocenters. The van der Waals surface area contributed by atoms with Gasteiger partial charge in [0.15, 0.2) is 11.5 Å². The number of ether oxygens (including phenoxy) is 3. The molecule has 1 fully saturated rings. The number of β-amino-alcohol motifs (C(OH)–C–C–N with tert-alkyl or cyclic N) is 1. The number of hydrogen-bond donors (Lipinski definition) is 2. The Hall–Kier alpha value is -1.87. The van der Waals surface area contributed by atoms with E-state index in [9.17, 15) is 9.90 Å². The lowest BCUT2D eigenvalue weighted by Crippen LogP contribution is -2.42. The number of methoxy groups -OCH3 is 1. The molecule has 0 aliphatic carbocycles. The zero-order chi connectivity index (χ0) is 19.6. The fourth-order valence-electron chi connectivity index (χ4n) is 3.00. The van der Waals surface area contributed by atoms with Gasteiger partial charge in [0.1, 0.15) is 12.7 Å². The first kappa shape index (κ1) is 21.4. The number of aliphatic hydroxyl groups excluding tert-OH is 1. The predicted octanol–water partition coefficient (Wildman–Crippen LogP) is -0.0551. The van der Waals surface area contributed by atoms with Crippen LogP contribution in [-0.4, -0.2) is 94.1 Å². The quantitative estimate of drug-likeness (QED) is 0.588. The summed E-state index contributed by atoms with van der Waals surface area (Å²) in [4.78, 5) is 15.6. The number of nitrogens with one attached hydrogen (secondary N) is 1. The van der Waals surface area contributed by atoms with Crippen molar-refractivity contribution in [2.24, 2.45) is 0 Å². The summed E-state index contributed by atoms with van der Waals surface area (Å²) in [5, 5.41) is 13.0. The molecule has 1 aromatic carbocycles.